The molecule has 0 saturated heterocycles. The minimum atomic E-state index is -0.184. The van der Waals surface area contributed by atoms with Gasteiger partial charge in [0.2, 0.25) is 0 Å². The molecule has 3 aromatic rings. The zero-order valence-electron chi connectivity index (χ0n) is 9.32. The predicted octanol–water partition coefficient (Wildman–Crippen LogP) is 1.97. The van der Waals surface area contributed by atoms with Crippen molar-refractivity contribution in [3.05, 3.63) is 46.4 Å². The molecule has 17 heavy (non-hydrogen) atoms. The number of hydrogen-bond donors (Lipinski definition) is 2. The van der Waals surface area contributed by atoms with Crippen molar-refractivity contribution in [1.82, 2.24) is 9.97 Å². The van der Waals surface area contributed by atoms with Gasteiger partial charge < -0.3 is 10.7 Å². The highest BCUT2D eigenvalue weighted by molar-refractivity contribution is 6.05. The second-order valence-electron chi connectivity index (χ2n) is 4.08. The van der Waals surface area contributed by atoms with Crippen molar-refractivity contribution in [2.24, 2.45) is 0 Å². The van der Waals surface area contributed by atoms with E-state index in [4.69, 9.17) is 5.73 Å². The number of hydrogen-bond acceptors (Lipinski definition) is 3. The lowest BCUT2D eigenvalue weighted by Gasteiger charge is -2.06. The van der Waals surface area contributed by atoms with E-state index in [1.165, 1.54) is 0 Å². The molecule has 4 nitrogen and oxygen atoms in total. The highest BCUT2D eigenvalue weighted by Gasteiger charge is 2.09. The Labute approximate surface area is 97.1 Å². The van der Waals surface area contributed by atoms with Crippen molar-refractivity contribution in [2.45, 2.75) is 6.92 Å². The first kappa shape index (κ1) is 9.84. The van der Waals surface area contributed by atoms with Gasteiger partial charge in [0.05, 0.1) is 22.1 Å². The van der Waals surface area contributed by atoms with Gasteiger partial charge >= 0.3 is 0 Å². The molecule has 1 aromatic carbocycles. The molecule has 0 aliphatic heterocycles. The highest BCUT2D eigenvalue weighted by atomic mass is 16.1. The number of nitrogens with two attached hydrogens (primary N) is 1. The predicted molar refractivity (Wildman–Crippen MR) is 69.0 cm³/mol. The van der Waals surface area contributed by atoms with E-state index in [0.717, 1.165) is 16.6 Å². The fraction of sp³-hybridized carbons (Fsp3) is 0.0769. The number of rotatable bonds is 0. The summed E-state index contributed by atoms with van der Waals surface area (Å²) in [7, 11) is 0. The van der Waals surface area contributed by atoms with Crippen molar-refractivity contribution in [3.8, 4) is 0 Å². The number of benzene rings is 1. The van der Waals surface area contributed by atoms with E-state index in [2.05, 4.69) is 9.97 Å². The average molecular weight is 225 g/mol. The van der Waals surface area contributed by atoms with Gasteiger partial charge in [-0.3, -0.25) is 4.79 Å². The molecule has 0 fully saturated rings. The molecule has 4 heteroatoms. The molecule has 0 atom stereocenters. The van der Waals surface area contributed by atoms with Crippen LogP contribution in [0.1, 0.15) is 5.69 Å². The summed E-state index contributed by atoms with van der Waals surface area (Å²) in [6, 6.07) is 9.38. The lowest BCUT2D eigenvalue weighted by Crippen LogP contribution is -2.10. The maximum atomic E-state index is 11.9. The number of nitrogen functional groups attached to an aromatic ring is 1. The standard InChI is InChI=1S/C13H11N3O/c1-7-6-10-11(13(17)15-7)12(14)8-4-2-3-5-9(8)16-10/h2-6H,1H3,(H2,14,16)(H,15,17). The Morgan fingerprint density at radius 1 is 1.24 bits per heavy atom. The third-order valence-electron chi connectivity index (χ3n) is 2.85. The van der Waals surface area contributed by atoms with E-state index >= 15 is 0 Å². The van der Waals surface area contributed by atoms with Crippen molar-refractivity contribution >= 4 is 27.5 Å². The van der Waals surface area contributed by atoms with Crippen LogP contribution in [0.3, 0.4) is 0 Å². The molecule has 0 radical (unpaired) electrons. The largest absolute Gasteiger partial charge is 0.397 e. The Hall–Kier alpha value is -2.36. The summed E-state index contributed by atoms with van der Waals surface area (Å²) in [4.78, 5) is 19.1. The van der Waals surface area contributed by atoms with Gasteiger partial charge in [-0.25, -0.2) is 4.98 Å². The fourth-order valence-electron chi connectivity index (χ4n) is 2.08. The summed E-state index contributed by atoms with van der Waals surface area (Å²) < 4.78 is 0. The summed E-state index contributed by atoms with van der Waals surface area (Å²) in [6.07, 6.45) is 0. The monoisotopic (exact) mass is 225 g/mol. The van der Waals surface area contributed by atoms with Gasteiger partial charge in [0, 0.05) is 11.1 Å². The summed E-state index contributed by atoms with van der Waals surface area (Å²) >= 11 is 0. The van der Waals surface area contributed by atoms with Gasteiger partial charge in [0.15, 0.2) is 0 Å². The first-order chi connectivity index (χ1) is 8.16. The molecule has 2 heterocycles. The van der Waals surface area contributed by atoms with Crippen LogP contribution in [0.4, 0.5) is 5.69 Å². The van der Waals surface area contributed by atoms with Gasteiger partial charge in [-0.15, -0.1) is 0 Å². The molecule has 0 spiro atoms. The summed E-state index contributed by atoms with van der Waals surface area (Å²) in [6.45, 7) is 1.83. The maximum Gasteiger partial charge on any atom is 0.259 e. The van der Waals surface area contributed by atoms with Gasteiger partial charge in [-0.2, -0.15) is 0 Å². The normalized spacial score (nSPS) is 11.1. The van der Waals surface area contributed by atoms with Crippen molar-refractivity contribution < 1.29 is 0 Å². The Bertz CT molecular complexity index is 790. The highest BCUT2D eigenvalue weighted by Crippen LogP contribution is 2.25. The number of pyridine rings is 2. The first-order valence-electron chi connectivity index (χ1n) is 5.34. The van der Waals surface area contributed by atoms with Gasteiger partial charge in [-0.05, 0) is 19.1 Å². The quantitative estimate of drug-likeness (QED) is 0.574. The molecule has 0 amide bonds. The topological polar surface area (TPSA) is 71.8 Å². The van der Waals surface area contributed by atoms with Crippen molar-refractivity contribution in [3.63, 3.8) is 0 Å². The SMILES string of the molecule is Cc1cc2nc3ccccc3c(N)c2c(=O)[nH]1. The van der Waals surface area contributed by atoms with Crippen LogP contribution >= 0.6 is 0 Å². The van der Waals surface area contributed by atoms with Crippen molar-refractivity contribution in [1.29, 1.82) is 0 Å². The van der Waals surface area contributed by atoms with E-state index in [0.29, 0.717) is 16.6 Å². The average Bonchev–Trinajstić information content (AvgIpc) is 2.28. The van der Waals surface area contributed by atoms with E-state index < -0.39 is 0 Å². The van der Waals surface area contributed by atoms with Crippen LogP contribution in [0.15, 0.2) is 35.1 Å². The van der Waals surface area contributed by atoms with Crippen LogP contribution < -0.4 is 11.3 Å². The number of nitrogens with zero attached hydrogens (tertiary/aromatic N) is 1. The molecule has 0 aliphatic carbocycles. The van der Waals surface area contributed by atoms with Crippen molar-refractivity contribution in [2.75, 3.05) is 5.73 Å². The van der Waals surface area contributed by atoms with Crippen LogP contribution in [-0.4, -0.2) is 9.97 Å². The minimum absolute atomic E-state index is 0.184. The molecule has 84 valence electrons. The van der Waals surface area contributed by atoms with E-state index in [9.17, 15) is 4.79 Å². The zero-order chi connectivity index (χ0) is 12.0. The summed E-state index contributed by atoms with van der Waals surface area (Å²) in [5.74, 6) is 0. The number of aryl methyl sites for hydroxylation is 1. The van der Waals surface area contributed by atoms with E-state index in [1.807, 2.05) is 37.3 Å². The summed E-state index contributed by atoms with van der Waals surface area (Å²) in [5.41, 5.74) is 8.58. The Morgan fingerprint density at radius 2 is 2.00 bits per heavy atom. The van der Waals surface area contributed by atoms with Gasteiger partial charge in [-0.1, -0.05) is 18.2 Å². The molecule has 0 bridgehead atoms. The lowest BCUT2D eigenvalue weighted by molar-refractivity contribution is 1.16. The second kappa shape index (κ2) is 3.31. The van der Waals surface area contributed by atoms with Gasteiger partial charge in [0.25, 0.3) is 5.56 Å². The molecule has 3 N–H and O–H groups in total. The number of fused-ring (bicyclic) bond motifs is 2. The van der Waals surface area contributed by atoms with E-state index in [1.54, 1.807) is 0 Å². The number of H-pyrrole nitrogens is 1. The number of para-hydroxylation sites is 1. The third-order valence-corrected chi connectivity index (χ3v) is 2.85. The van der Waals surface area contributed by atoms with Gasteiger partial charge in [0.1, 0.15) is 0 Å². The molecule has 3 rings (SSSR count). The van der Waals surface area contributed by atoms with Crippen LogP contribution in [0.25, 0.3) is 21.8 Å². The molecular weight excluding hydrogens is 214 g/mol. The molecule has 2 aromatic heterocycles. The zero-order valence-corrected chi connectivity index (χ0v) is 9.32. The van der Waals surface area contributed by atoms with E-state index in [-0.39, 0.29) is 5.56 Å². The number of anilines is 1. The number of nitrogens with one attached hydrogen (secondary N) is 1. The second-order valence-corrected chi connectivity index (χ2v) is 4.08. The minimum Gasteiger partial charge on any atom is -0.397 e. The fourth-order valence-corrected chi connectivity index (χ4v) is 2.08. The smallest absolute Gasteiger partial charge is 0.259 e. The first-order valence-corrected chi connectivity index (χ1v) is 5.34. The third kappa shape index (κ3) is 1.38. The molecular formula is C13H11N3O. The van der Waals surface area contributed by atoms with Crippen LogP contribution in [0.2, 0.25) is 0 Å². The molecule has 0 unspecified atom stereocenters. The maximum absolute atomic E-state index is 11.9. The van der Waals surface area contributed by atoms with Crippen LogP contribution in [0.5, 0.6) is 0 Å². The Morgan fingerprint density at radius 3 is 2.82 bits per heavy atom. The molecule has 0 aliphatic rings. The number of aromatic nitrogens is 2. The summed E-state index contributed by atoms with van der Waals surface area (Å²) in [5, 5.41) is 1.28. The Balaban J connectivity index is 2.64. The lowest BCUT2D eigenvalue weighted by atomic mass is 10.1. The molecule has 0 saturated carbocycles. The van der Waals surface area contributed by atoms with Crippen LogP contribution in [-0.2, 0) is 0 Å². The van der Waals surface area contributed by atoms with Crippen LogP contribution in [0, 0.1) is 6.92 Å². The Kier molecular flexibility index (Phi) is 1.92. The number of aromatic amines is 1.